The molecule has 0 aromatic carbocycles. The first kappa shape index (κ1) is 12.3. The summed E-state index contributed by atoms with van der Waals surface area (Å²) in [5.74, 6) is 0.486. The van der Waals surface area contributed by atoms with Crippen LogP contribution < -0.4 is 0 Å². The Balaban J connectivity index is 3.99. The highest BCUT2D eigenvalue weighted by Crippen LogP contribution is 2.02. The molecule has 13 heavy (non-hydrogen) atoms. The molecule has 1 amide bonds. The maximum atomic E-state index is 11.4. The van der Waals surface area contributed by atoms with Gasteiger partial charge in [-0.2, -0.15) is 0 Å². The van der Waals surface area contributed by atoms with E-state index >= 15 is 0 Å². The van der Waals surface area contributed by atoms with Gasteiger partial charge in [-0.05, 0) is 26.7 Å². The maximum absolute atomic E-state index is 11.4. The zero-order valence-electron chi connectivity index (χ0n) is 9.33. The second-order valence-electron chi connectivity index (χ2n) is 3.86. The van der Waals surface area contributed by atoms with Crippen LogP contribution in [0.15, 0.2) is 0 Å². The largest absolute Gasteiger partial charge is 0.447 e. The normalized spacial score (nSPS) is 10.7. The molecule has 0 saturated heterocycles. The van der Waals surface area contributed by atoms with Crippen LogP contribution >= 0.6 is 0 Å². The van der Waals surface area contributed by atoms with Gasteiger partial charge in [-0.25, -0.2) is 4.79 Å². The minimum absolute atomic E-state index is 0.0336. The maximum Gasteiger partial charge on any atom is 0.410 e. The van der Waals surface area contributed by atoms with Crippen molar-refractivity contribution in [3.63, 3.8) is 0 Å². The monoisotopic (exact) mass is 187 g/mol. The zero-order chi connectivity index (χ0) is 10.4. The molecule has 0 aromatic heterocycles. The molecule has 0 N–H and O–H groups in total. The van der Waals surface area contributed by atoms with Crippen molar-refractivity contribution < 1.29 is 9.53 Å². The predicted molar refractivity (Wildman–Crippen MR) is 53.7 cm³/mol. The fraction of sp³-hybridized carbons (Fsp3) is 0.900. The molecule has 0 aliphatic heterocycles. The number of carbonyl (C=O) groups is 1. The Kier molecular flexibility index (Phi) is 5.51. The summed E-state index contributed by atoms with van der Waals surface area (Å²) in [5, 5.41) is 0. The van der Waals surface area contributed by atoms with Crippen LogP contribution in [0, 0.1) is 5.92 Å². The molecule has 0 aliphatic rings. The molecule has 0 aromatic rings. The van der Waals surface area contributed by atoms with Gasteiger partial charge >= 0.3 is 6.09 Å². The van der Waals surface area contributed by atoms with E-state index in [4.69, 9.17) is 4.74 Å². The van der Waals surface area contributed by atoms with Gasteiger partial charge in [0.1, 0.15) is 0 Å². The van der Waals surface area contributed by atoms with Crippen molar-refractivity contribution in [2.75, 3.05) is 13.1 Å². The number of carbonyl (C=O) groups excluding carboxylic acids is 1. The summed E-state index contributed by atoms with van der Waals surface area (Å²) >= 11 is 0. The van der Waals surface area contributed by atoms with Gasteiger partial charge in [-0.1, -0.05) is 13.8 Å². The second kappa shape index (κ2) is 5.84. The molecule has 0 atom stereocenters. The molecule has 0 unspecified atom stereocenters. The van der Waals surface area contributed by atoms with Crippen molar-refractivity contribution in [1.29, 1.82) is 0 Å². The number of nitrogens with zero attached hydrogens (tertiary/aromatic N) is 1. The Bertz CT molecular complexity index is 155. The SMILES string of the molecule is CCN(CC(C)C)C(=O)OC(C)C. The molecule has 0 fully saturated rings. The summed E-state index contributed by atoms with van der Waals surface area (Å²) in [4.78, 5) is 13.2. The topological polar surface area (TPSA) is 29.5 Å². The molecule has 0 bridgehead atoms. The lowest BCUT2D eigenvalue weighted by atomic mass is 10.2. The lowest BCUT2D eigenvalue weighted by Gasteiger charge is -2.23. The van der Waals surface area contributed by atoms with E-state index in [1.165, 1.54) is 0 Å². The highest BCUT2D eigenvalue weighted by molar-refractivity contribution is 5.67. The van der Waals surface area contributed by atoms with Gasteiger partial charge in [-0.3, -0.25) is 0 Å². The third-order valence-electron chi connectivity index (χ3n) is 1.56. The van der Waals surface area contributed by atoms with E-state index in [9.17, 15) is 4.79 Å². The number of ether oxygens (including phenoxy) is 1. The fourth-order valence-electron chi connectivity index (χ4n) is 1.05. The summed E-state index contributed by atoms with van der Waals surface area (Å²) in [6.07, 6.45) is -0.236. The van der Waals surface area contributed by atoms with Crippen LogP contribution in [0.5, 0.6) is 0 Å². The van der Waals surface area contributed by atoms with Gasteiger partial charge in [0, 0.05) is 13.1 Å². The minimum atomic E-state index is -0.203. The fourth-order valence-corrected chi connectivity index (χ4v) is 1.05. The molecule has 0 spiro atoms. The van der Waals surface area contributed by atoms with Crippen molar-refractivity contribution in [2.45, 2.75) is 40.7 Å². The molecule has 0 heterocycles. The molecule has 0 aliphatic carbocycles. The Labute approximate surface area is 81.1 Å². The highest BCUT2D eigenvalue weighted by Gasteiger charge is 2.14. The van der Waals surface area contributed by atoms with Gasteiger partial charge < -0.3 is 9.64 Å². The third-order valence-corrected chi connectivity index (χ3v) is 1.56. The van der Waals surface area contributed by atoms with Crippen molar-refractivity contribution in [3.8, 4) is 0 Å². The first-order chi connectivity index (χ1) is 5.97. The number of rotatable bonds is 4. The predicted octanol–water partition coefficient (Wildman–Crippen LogP) is 2.51. The molecule has 78 valence electrons. The van der Waals surface area contributed by atoms with Gasteiger partial charge in [0.05, 0.1) is 6.10 Å². The summed E-state index contributed by atoms with van der Waals surface area (Å²) in [5.41, 5.74) is 0. The molecule has 3 nitrogen and oxygen atoms in total. The second-order valence-corrected chi connectivity index (χ2v) is 3.86. The molecular weight excluding hydrogens is 166 g/mol. The van der Waals surface area contributed by atoms with Crippen LogP contribution in [0.3, 0.4) is 0 Å². The number of hydrogen-bond donors (Lipinski definition) is 0. The Hall–Kier alpha value is -0.730. The van der Waals surface area contributed by atoms with Crippen LogP contribution in [0.1, 0.15) is 34.6 Å². The Morgan fingerprint density at radius 3 is 2.15 bits per heavy atom. The van der Waals surface area contributed by atoms with Crippen LogP contribution in [-0.4, -0.2) is 30.2 Å². The summed E-state index contributed by atoms with van der Waals surface area (Å²) in [7, 11) is 0. The number of hydrogen-bond acceptors (Lipinski definition) is 2. The summed E-state index contributed by atoms with van der Waals surface area (Å²) in [6.45, 7) is 11.3. The third kappa shape index (κ3) is 5.50. The van der Waals surface area contributed by atoms with Gasteiger partial charge in [0.2, 0.25) is 0 Å². The molecule has 0 saturated carbocycles. The standard InChI is InChI=1S/C10H21NO2/c1-6-11(7-8(2)3)10(12)13-9(4)5/h8-9H,6-7H2,1-5H3. The smallest absolute Gasteiger partial charge is 0.410 e. The van der Waals surface area contributed by atoms with E-state index in [-0.39, 0.29) is 12.2 Å². The van der Waals surface area contributed by atoms with Crippen molar-refractivity contribution in [1.82, 2.24) is 4.90 Å². The quantitative estimate of drug-likeness (QED) is 0.676. The van der Waals surface area contributed by atoms with E-state index in [2.05, 4.69) is 13.8 Å². The van der Waals surface area contributed by atoms with Crippen LogP contribution in [0.2, 0.25) is 0 Å². The summed E-state index contributed by atoms with van der Waals surface area (Å²) < 4.78 is 5.09. The van der Waals surface area contributed by atoms with E-state index in [0.717, 1.165) is 6.54 Å². The average molecular weight is 187 g/mol. The minimum Gasteiger partial charge on any atom is -0.447 e. The molecule has 0 rings (SSSR count). The van der Waals surface area contributed by atoms with Crippen LogP contribution in [0.25, 0.3) is 0 Å². The van der Waals surface area contributed by atoms with Crippen LogP contribution in [0.4, 0.5) is 4.79 Å². The Morgan fingerprint density at radius 1 is 1.31 bits per heavy atom. The van der Waals surface area contributed by atoms with Gasteiger partial charge in [0.25, 0.3) is 0 Å². The van der Waals surface area contributed by atoms with E-state index in [0.29, 0.717) is 12.5 Å². The van der Waals surface area contributed by atoms with Crippen molar-refractivity contribution in [2.24, 2.45) is 5.92 Å². The lowest BCUT2D eigenvalue weighted by molar-refractivity contribution is 0.0750. The van der Waals surface area contributed by atoms with Gasteiger partial charge in [-0.15, -0.1) is 0 Å². The van der Waals surface area contributed by atoms with Crippen LogP contribution in [-0.2, 0) is 4.74 Å². The molecule has 3 heteroatoms. The average Bonchev–Trinajstić information content (AvgIpc) is 1.98. The van der Waals surface area contributed by atoms with Crippen molar-refractivity contribution in [3.05, 3.63) is 0 Å². The van der Waals surface area contributed by atoms with Gasteiger partial charge in [0.15, 0.2) is 0 Å². The first-order valence-electron chi connectivity index (χ1n) is 4.92. The van der Waals surface area contributed by atoms with E-state index in [1.807, 2.05) is 20.8 Å². The lowest BCUT2D eigenvalue weighted by Crippen LogP contribution is -2.35. The number of amides is 1. The van der Waals surface area contributed by atoms with E-state index < -0.39 is 0 Å². The summed E-state index contributed by atoms with van der Waals surface area (Å²) in [6, 6.07) is 0. The van der Waals surface area contributed by atoms with E-state index in [1.54, 1.807) is 4.90 Å². The molecular formula is C10H21NO2. The zero-order valence-corrected chi connectivity index (χ0v) is 9.33. The highest BCUT2D eigenvalue weighted by atomic mass is 16.6. The van der Waals surface area contributed by atoms with Crippen molar-refractivity contribution >= 4 is 6.09 Å². The first-order valence-corrected chi connectivity index (χ1v) is 4.92. The Morgan fingerprint density at radius 2 is 1.85 bits per heavy atom. The molecule has 0 radical (unpaired) electrons.